The Morgan fingerprint density at radius 2 is 2.33 bits per heavy atom. The monoisotopic (exact) mass is 228 g/mol. The zero-order chi connectivity index (χ0) is 8.97. The fraction of sp³-hybridized carbons (Fsp3) is 0.222. The summed E-state index contributed by atoms with van der Waals surface area (Å²) in [7, 11) is 1.56. The smallest absolute Gasteiger partial charge is 0.154 e. The molecule has 0 aliphatic rings. The third-order valence-electron chi connectivity index (χ3n) is 1.64. The predicted octanol–water partition coefficient (Wildman–Crippen LogP) is 2.40. The van der Waals surface area contributed by atoms with Gasteiger partial charge in [0.05, 0.1) is 12.7 Å². The molecule has 12 heavy (non-hydrogen) atoms. The number of ether oxygens (including phenoxy) is 1. The Labute approximate surface area is 79.7 Å². The van der Waals surface area contributed by atoms with E-state index in [-0.39, 0.29) is 0 Å². The Morgan fingerprint density at radius 3 is 2.83 bits per heavy atom. The molecule has 0 unspecified atom stereocenters. The van der Waals surface area contributed by atoms with Crippen LogP contribution >= 0.6 is 15.9 Å². The van der Waals surface area contributed by atoms with E-state index in [0.717, 1.165) is 11.8 Å². The van der Waals surface area contributed by atoms with Gasteiger partial charge < -0.3 is 4.74 Å². The molecule has 0 aromatic heterocycles. The summed E-state index contributed by atoms with van der Waals surface area (Å²) in [5.41, 5.74) is 1.57. The van der Waals surface area contributed by atoms with Gasteiger partial charge in [-0.3, -0.25) is 4.79 Å². The Morgan fingerprint density at radius 1 is 1.58 bits per heavy atom. The summed E-state index contributed by atoms with van der Waals surface area (Å²) in [5, 5.41) is 0.665. The molecule has 2 nitrogen and oxygen atoms in total. The maximum atomic E-state index is 10.7. The van der Waals surface area contributed by atoms with Gasteiger partial charge in [0.15, 0.2) is 6.29 Å². The van der Waals surface area contributed by atoms with Crippen molar-refractivity contribution in [1.82, 2.24) is 0 Å². The number of hydrogen-bond acceptors (Lipinski definition) is 2. The molecule has 0 spiro atoms. The van der Waals surface area contributed by atoms with Crippen molar-refractivity contribution in [1.29, 1.82) is 0 Å². The van der Waals surface area contributed by atoms with Crippen LogP contribution in [0.15, 0.2) is 18.2 Å². The van der Waals surface area contributed by atoms with Gasteiger partial charge in [-0.2, -0.15) is 0 Å². The molecule has 0 amide bonds. The first kappa shape index (κ1) is 9.26. The highest BCUT2D eigenvalue weighted by Gasteiger charge is 2.05. The SMILES string of the molecule is COc1cccc(CBr)c1C=O. The number of hydrogen-bond donors (Lipinski definition) is 0. The molecule has 0 bridgehead atoms. The van der Waals surface area contributed by atoms with Crippen molar-refractivity contribution in [2.75, 3.05) is 7.11 Å². The first-order valence-corrected chi connectivity index (χ1v) is 4.62. The van der Waals surface area contributed by atoms with Gasteiger partial charge in [0.25, 0.3) is 0 Å². The molecule has 0 aliphatic carbocycles. The molecule has 0 fully saturated rings. The third-order valence-corrected chi connectivity index (χ3v) is 2.24. The van der Waals surface area contributed by atoms with Crippen molar-refractivity contribution in [3.8, 4) is 5.75 Å². The average molecular weight is 229 g/mol. The van der Waals surface area contributed by atoms with Crippen LogP contribution in [-0.2, 0) is 5.33 Å². The molecule has 1 aromatic rings. The number of alkyl halides is 1. The molecular weight excluding hydrogens is 220 g/mol. The summed E-state index contributed by atoms with van der Waals surface area (Å²) in [5.74, 6) is 0.627. The van der Waals surface area contributed by atoms with E-state index in [1.54, 1.807) is 13.2 Å². The van der Waals surface area contributed by atoms with Crippen molar-refractivity contribution >= 4 is 22.2 Å². The molecule has 0 saturated heterocycles. The average Bonchev–Trinajstić information content (AvgIpc) is 2.16. The quantitative estimate of drug-likeness (QED) is 0.587. The zero-order valence-electron chi connectivity index (χ0n) is 6.71. The molecule has 0 radical (unpaired) electrons. The van der Waals surface area contributed by atoms with Gasteiger partial charge in [-0.05, 0) is 11.6 Å². The summed E-state index contributed by atoms with van der Waals surface area (Å²) in [6.07, 6.45) is 0.815. The lowest BCUT2D eigenvalue weighted by molar-refractivity contribution is 0.112. The van der Waals surface area contributed by atoms with Gasteiger partial charge in [-0.1, -0.05) is 28.1 Å². The number of halogens is 1. The number of carbonyl (C=O) groups excluding carboxylic acids is 1. The fourth-order valence-corrected chi connectivity index (χ4v) is 1.51. The van der Waals surface area contributed by atoms with E-state index in [1.807, 2.05) is 12.1 Å². The van der Waals surface area contributed by atoms with E-state index >= 15 is 0 Å². The van der Waals surface area contributed by atoms with E-state index in [2.05, 4.69) is 15.9 Å². The van der Waals surface area contributed by atoms with Crippen LogP contribution in [-0.4, -0.2) is 13.4 Å². The van der Waals surface area contributed by atoms with E-state index < -0.39 is 0 Å². The first-order chi connectivity index (χ1) is 5.83. The van der Waals surface area contributed by atoms with Crippen LogP contribution < -0.4 is 4.74 Å². The number of benzene rings is 1. The van der Waals surface area contributed by atoms with Crippen LogP contribution in [0.3, 0.4) is 0 Å². The van der Waals surface area contributed by atoms with Gasteiger partial charge in [0, 0.05) is 5.33 Å². The standard InChI is InChI=1S/C9H9BrO2/c1-12-9-4-2-3-7(5-10)8(9)6-11/h2-4,6H,5H2,1H3. The molecule has 1 aromatic carbocycles. The van der Waals surface area contributed by atoms with Gasteiger partial charge in [-0.15, -0.1) is 0 Å². The van der Waals surface area contributed by atoms with Crippen LogP contribution in [0.5, 0.6) is 5.75 Å². The molecule has 0 saturated carbocycles. The highest BCUT2D eigenvalue weighted by molar-refractivity contribution is 9.08. The van der Waals surface area contributed by atoms with Crippen LogP contribution in [0.25, 0.3) is 0 Å². The Kier molecular flexibility index (Phi) is 3.29. The molecule has 0 atom stereocenters. The molecule has 0 heterocycles. The minimum Gasteiger partial charge on any atom is -0.496 e. The van der Waals surface area contributed by atoms with Crippen LogP contribution in [0.4, 0.5) is 0 Å². The van der Waals surface area contributed by atoms with Crippen molar-refractivity contribution in [2.24, 2.45) is 0 Å². The predicted molar refractivity (Wildman–Crippen MR) is 51.0 cm³/mol. The maximum absolute atomic E-state index is 10.7. The highest BCUT2D eigenvalue weighted by Crippen LogP contribution is 2.21. The van der Waals surface area contributed by atoms with E-state index in [1.165, 1.54) is 0 Å². The summed E-state index contributed by atoms with van der Waals surface area (Å²) in [6.45, 7) is 0. The normalized spacial score (nSPS) is 9.50. The summed E-state index contributed by atoms with van der Waals surface area (Å²) >= 11 is 3.30. The molecule has 0 N–H and O–H groups in total. The lowest BCUT2D eigenvalue weighted by Gasteiger charge is -2.05. The number of rotatable bonds is 3. The Hall–Kier alpha value is -0.830. The molecule has 3 heteroatoms. The van der Waals surface area contributed by atoms with Gasteiger partial charge in [0.2, 0.25) is 0 Å². The van der Waals surface area contributed by atoms with Crippen LogP contribution in [0.2, 0.25) is 0 Å². The third kappa shape index (κ3) is 1.67. The Bertz CT molecular complexity index is 262. The van der Waals surface area contributed by atoms with Crippen molar-refractivity contribution in [3.63, 3.8) is 0 Å². The summed E-state index contributed by atoms with van der Waals surface area (Å²) < 4.78 is 5.03. The number of aldehydes is 1. The van der Waals surface area contributed by atoms with Crippen LogP contribution in [0, 0.1) is 0 Å². The minimum absolute atomic E-state index is 0.622. The van der Waals surface area contributed by atoms with Crippen molar-refractivity contribution in [3.05, 3.63) is 29.3 Å². The molecular formula is C9H9BrO2. The van der Waals surface area contributed by atoms with E-state index in [4.69, 9.17) is 4.74 Å². The maximum Gasteiger partial charge on any atom is 0.154 e. The second kappa shape index (κ2) is 4.26. The second-order valence-electron chi connectivity index (χ2n) is 2.28. The topological polar surface area (TPSA) is 26.3 Å². The van der Waals surface area contributed by atoms with E-state index in [0.29, 0.717) is 16.6 Å². The Balaban J connectivity index is 3.21. The molecule has 1 rings (SSSR count). The number of carbonyl (C=O) groups is 1. The van der Waals surface area contributed by atoms with Crippen molar-refractivity contribution in [2.45, 2.75) is 5.33 Å². The largest absolute Gasteiger partial charge is 0.496 e. The minimum atomic E-state index is 0.622. The van der Waals surface area contributed by atoms with Gasteiger partial charge in [-0.25, -0.2) is 0 Å². The molecule has 64 valence electrons. The second-order valence-corrected chi connectivity index (χ2v) is 2.85. The lowest BCUT2D eigenvalue weighted by atomic mass is 10.1. The van der Waals surface area contributed by atoms with Gasteiger partial charge in [0.1, 0.15) is 5.75 Å². The van der Waals surface area contributed by atoms with E-state index in [9.17, 15) is 4.79 Å². The molecule has 0 aliphatic heterocycles. The zero-order valence-corrected chi connectivity index (χ0v) is 8.30. The highest BCUT2D eigenvalue weighted by atomic mass is 79.9. The first-order valence-electron chi connectivity index (χ1n) is 3.50. The summed E-state index contributed by atoms with van der Waals surface area (Å²) in [4.78, 5) is 10.7. The lowest BCUT2D eigenvalue weighted by Crippen LogP contribution is -1.94. The van der Waals surface area contributed by atoms with Crippen molar-refractivity contribution < 1.29 is 9.53 Å². The fourth-order valence-electron chi connectivity index (χ4n) is 1.02. The van der Waals surface area contributed by atoms with Gasteiger partial charge >= 0.3 is 0 Å². The van der Waals surface area contributed by atoms with Crippen LogP contribution in [0.1, 0.15) is 15.9 Å². The number of methoxy groups -OCH3 is 1. The summed E-state index contributed by atoms with van der Waals surface area (Å²) in [6, 6.07) is 5.53.